The number of amides is 1. The zero-order valence-electron chi connectivity index (χ0n) is 40.6. The van der Waals surface area contributed by atoms with Crippen molar-refractivity contribution in [3.8, 4) is 0 Å². The molecule has 3 rings (SSSR count). The Bertz CT molecular complexity index is 1360. The highest BCUT2D eigenvalue weighted by atomic mass is 16.8. The molecule has 1 amide bonds. The number of unbranched alkanes of at least 4 members (excludes halogenated alkanes) is 17. The molecule has 0 aromatic rings. The first-order chi connectivity index (χ1) is 32.8. The van der Waals surface area contributed by atoms with E-state index in [0.717, 1.165) is 44.9 Å². The Balaban J connectivity index is 1.57. The Labute approximate surface area is 403 Å². The first-order valence-corrected chi connectivity index (χ1v) is 25.6. The second kappa shape index (κ2) is 34.6. The van der Waals surface area contributed by atoms with Crippen LogP contribution in [0.15, 0.2) is 24.3 Å². The highest BCUT2D eigenvalue weighted by molar-refractivity contribution is 5.76. The number of nitrogens with one attached hydrogen (secondary N) is 1. The molecule has 19 nitrogen and oxygen atoms in total. The van der Waals surface area contributed by atoms with E-state index in [9.17, 15) is 61.0 Å². The summed E-state index contributed by atoms with van der Waals surface area (Å²) in [5.41, 5.74) is 0. The van der Waals surface area contributed by atoms with Gasteiger partial charge in [0, 0.05) is 6.42 Å². The van der Waals surface area contributed by atoms with Gasteiger partial charge in [-0.15, -0.1) is 0 Å². The molecule has 0 aromatic heterocycles. The second-order valence-electron chi connectivity index (χ2n) is 18.6. The lowest BCUT2D eigenvalue weighted by atomic mass is 9.96. The van der Waals surface area contributed by atoms with Crippen LogP contribution in [-0.4, -0.2) is 193 Å². The number of rotatable bonds is 35. The number of aliphatic hydroxyl groups excluding tert-OH is 11. The molecule has 12 N–H and O–H groups in total. The van der Waals surface area contributed by atoms with E-state index in [0.29, 0.717) is 12.8 Å². The monoisotopic (exact) mass is 980 g/mol. The Morgan fingerprint density at radius 1 is 0.515 bits per heavy atom. The third-order valence-electron chi connectivity index (χ3n) is 13.0. The van der Waals surface area contributed by atoms with Gasteiger partial charge in [0.25, 0.3) is 0 Å². The molecule has 398 valence electrons. The van der Waals surface area contributed by atoms with Gasteiger partial charge in [-0.25, -0.2) is 0 Å². The number of aliphatic hydroxyl groups is 11. The highest BCUT2D eigenvalue weighted by Crippen LogP contribution is 2.33. The Kier molecular flexibility index (Phi) is 30.8. The Morgan fingerprint density at radius 3 is 1.47 bits per heavy atom. The molecule has 17 unspecified atom stereocenters. The summed E-state index contributed by atoms with van der Waals surface area (Å²) in [5, 5.41) is 119. The second-order valence-corrected chi connectivity index (χ2v) is 18.6. The van der Waals surface area contributed by atoms with Crippen LogP contribution in [0.25, 0.3) is 0 Å². The van der Waals surface area contributed by atoms with Crippen LogP contribution >= 0.6 is 0 Å². The van der Waals surface area contributed by atoms with Crippen LogP contribution in [-0.2, 0) is 33.2 Å². The minimum Gasteiger partial charge on any atom is -0.394 e. The van der Waals surface area contributed by atoms with Crippen molar-refractivity contribution in [2.45, 2.75) is 253 Å². The Morgan fingerprint density at radius 2 is 0.941 bits per heavy atom. The smallest absolute Gasteiger partial charge is 0.220 e. The standard InChI is InChI=1S/C49H89NO18/c1-3-5-7-9-11-13-14-15-16-17-18-19-20-22-24-26-33(54)32(50-37(55)27-25-23-21-12-10-8-6-4-2)31-63-47-43(61)40(58)45(35(29-52)65-47)68-49-44(62)41(59)46(36(30-53)66-49)67-48-42(60)39(57)38(56)34(28-51)64-48/h18-19,24,26,32-36,38-49,51-54,56-62H,3-17,20-23,25,27-31H2,1-2H3,(H,50,55)/b19-18+,26-24+. The number of carbonyl (C=O) groups is 1. The zero-order valence-corrected chi connectivity index (χ0v) is 40.6. The fraction of sp³-hybridized carbons (Fsp3) is 0.898. The van der Waals surface area contributed by atoms with Gasteiger partial charge < -0.3 is 89.9 Å². The molecule has 0 saturated carbocycles. The highest BCUT2D eigenvalue weighted by Gasteiger charge is 2.53. The van der Waals surface area contributed by atoms with E-state index in [4.69, 9.17) is 28.4 Å². The van der Waals surface area contributed by atoms with Gasteiger partial charge in [-0.3, -0.25) is 4.79 Å². The number of hydrogen-bond donors (Lipinski definition) is 12. The maximum atomic E-state index is 13.1. The van der Waals surface area contributed by atoms with Crippen molar-refractivity contribution in [3.05, 3.63) is 24.3 Å². The number of ether oxygens (including phenoxy) is 6. The van der Waals surface area contributed by atoms with Gasteiger partial charge in [-0.2, -0.15) is 0 Å². The van der Waals surface area contributed by atoms with Crippen LogP contribution in [0, 0.1) is 0 Å². The minimum atomic E-state index is -1.98. The molecule has 0 spiro atoms. The van der Waals surface area contributed by atoms with E-state index >= 15 is 0 Å². The third kappa shape index (κ3) is 20.4. The van der Waals surface area contributed by atoms with E-state index in [2.05, 4.69) is 31.3 Å². The molecule has 0 aromatic carbocycles. The molecular formula is C49H89NO18. The van der Waals surface area contributed by atoms with Crippen molar-refractivity contribution < 1.29 is 89.4 Å². The van der Waals surface area contributed by atoms with E-state index in [1.165, 1.54) is 70.6 Å². The summed E-state index contributed by atoms with van der Waals surface area (Å²) >= 11 is 0. The summed E-state index contributed by atoms with van der Waals surface area (Å²) in [6.45, 7) is 1.61. The Hall–Kier alpha value is -1.73. The van der Waals surface area contributed by atoms with Gasteiger partial charge in [0.2, 0.25) is 5.91 Å². The van der Waals surface area contributed by atoms with Crippen LogP contribution in [0.1, 0.15) is 149 Å². The predicted molar refractivity (Wildman–Crippen MR) is 250 cm³/mol. The third-order valence-corrected chi connectivity index (χ3v) is 13.0. The van der Waals surface area contributed by atoms with Gasteiger partial charge in [0.1, 0.15) is 73.2 Å². The van der Waals surface area contributed by atoms with Crippen molar-refractivity contribution in [1.82, 2.24) is 5.32 Å². The summed E-state index contributed by atoms with van der Waals surface area (Å²) < 4.78 is 34.0. The van der Waals surface area contributed by atoms with E-state index in [1.807, 2.05) is 6.08 Å². The van der Waals surface area contributed by atoms with E-state index < -0.39 is 124 Å². The van der Waals surface area contributed by atoms with Gasteiger partial charge in [-0.05, 0) is 32.1 Å². The zero-order chi connectivity index (χ0) is 49.8. The van der Waals surface area contributed by atoms with Gasteiger partial charge in [-0.1, -0.05) is 134 Å². The fourth-order valence-corrected chi connectivity index (χ4v) is 8.67. The minimum absolute atomic E-state index is 0.236. The molecule has 0 radical (unpaired) electrons. The molecule has 3 aliphatic rings. The average Bonchev–Trinajstić information content (AvgIpc) is 3.33. The summed E-state index contributed by atoms with van der Waals surface area (Å²) in [4.78, 5) is 13.1. The molecule has 0 bridgehead atoms. The summed E-state index contributed by atoms with van der Waals surface area (Å²) in [6, 6.07) is -0.981. The molecule has 3 fully saturated rings. The normalized spacial score (nSPS) is 33.3. The van der Waals surface area contributed by atoms with Crippen LogP contribution in [0.3, 0.4) is 0 Å². The van der Waals surface area contributed by atoms with Crippen molar-refractivity contribution in [2.75, 3.05) is 26.4 Å². The molecule has 17 atom stereocenters. The summed E-state index contributed by atoms with van der Waals surface area (Å²) in [6.07, 6.45) is 3.51. The molecule has 3 aliphatic heterocycles. The van der Waals surface area contributed by atoms with Crippen molar-refractivity contribution >= 4 is 5.91 Å². The lowest BCUT2D eigenvalue weighted by Gasteiger charge is -2.48. The summed E-state index contributed by atoms with van der Waals surface area (Å²) in [5.74, 6) is -0.293. The van der Waals surface area contributed by atoms with Crippen LogP contribution in [0.5, 0.6) is 0 Å². The van der Waals surface area contributed by atoms with E-state index in [-0.39, 0.29) is 18.9 Å². The maximum Gasteiger partial charge on any atom is 0.220 e. The predicted octanol–water partition coefficient (Wildman–Crippen LogP) is 1.64. The molecule has 19 heteroatoms. The van der Waals surface area contributed by atoms with Crippen LogP contribution in [0.2, 0.25) is 0 Å². The topological polar surface area (TPSA) is 307 Å². The quantitative estimate of drug-likeness (QED) is 0.0317. The molecule has 3 heterocycles. The largest absolute Gasteiger partial charge is 0.394 e. The molecular weight excluding hydrogens is 891 g/mol. The maximum absolute atomic E-state index is 13.1. The van der Waals surface area contributed by atoms with E-state index in [1.54, 1.807) is 6.08 Å². The van der Waals surface area contributed by atoms with Crippen molar-refractivity contribution in [1.29, 1.82) is 0 Å². The molecule has 3 saturated heterocycles. The van der Waals surface area contributed by atoms with Crippen LogP contribution in [0.4, 0.5) is 0 Å². The SMILES string of the molecule is CCCCCCCCCCC/C=C/CC/C=C/C(O)C(COC1OC(CO)C(OC2OC(CO)C(OC3OC(CO)C(O)C(O)C3O)C(O)C2O)C(O)C1O)NC(=O)CCCCCCCCCC. The lowest BCUT2D eigenvalue weighted by molar-refractivity contribution is -0.379. The summed E-state index contributed by atoms with van der Waals surface area (Å²) in [7, 11) is 0. The van der Waals surface area contributed by atoms with Gasteiger partial charge in [0.05, 0.1) is 38.6 Å². The van der Waals surface area contributed by atoms with Crippen molar-refractivity contribution in [3.63, 3.8) is 0 Å². The van der Waals surface area contributed by atoms with Crippen LogP contribution < -0.4 is 5.32 Å². The molecule has 68 heavy (non-hydrogen) atoms. The van der Waals surface area contributed by atoms with Gasteiger partial charge >= 0.3 is 0 Å². The van der Waals surface area contributed by atoms with Crippen molar-refractivity contribution in [2.24, 2.45) is 0 Å². The van der Waals surface area contributed by atoms with Gasteiger partial charge in [0.15, 0.2) is 18.9 Å². The molecule has 0 aliphatic carbocycles. The fourth-order valence-electron chi connectivity index (χ4n) is 8.67. The first kappa shape index (κ1) is 60.6. The first-order valence-electron chi connectivity index (χ1n) is 25.6. The number of allylic oxidation sites excluding steroid dienone is 3. The average molecular weight is 980 g/mol. The number of hydrogen-bond acceptors (Lipinski definition) is 18. The lowest BCUT2D eigenvalue weighted by Crippen LogP contribution is -2.66. The number of carbonyl (C=O) groups excluding carboxylic acids is 1.